The zero-order chi connectivity index (χ0) is 23.1. The van der Waals surface area contributed by atoms with Crippen LogP contribution in [0.25, 0.3) is 15.9 Å². The SMILES string of the molecule is CC(C)C(O)CCc1cc2ncn(-c3ccc(OC4C[C@H]5CC[C@@H](C4)N5C)cc3)c(=O)c2s1. The molecule has 7 heteroatoms. The highest BCUT2D eigenvalue weighted by Crippen LogP contribution is 2.36. The minimum Gasteiger partial charge on any atom is -0.490 e. The monoisotopic (exact) mass is 467 g/mol. The Bertz CT molecular complexity index is 1160. The quantitative estimate of drug-likeness (QED) is 0.558. The van der Waals surface area contributed by atoms with E-state index in [1.165, 1.54) is 24.2 Å². The summed E-state index contributed by atoms with van der Waals surface area (Å²) in [5.41, 5.74) is 1.46. The van der Waals surface area contributed by atoms with Crippen molar-refractivity contribution in [3.05, 3.63) is 51.9 Å². The summed E-state index contributed by atoms with van der Waals surface area (Å²) in [7, 11) is 2.24. The summed E-state index contributed by atoms with van der Waals surface area (Å²) in [6, 6.07) is 11.0. The van der Waals surface area contributed by atoms with E-state index in [1.807, 2.05) is 44.2 Å². The third-order valence-corrected chi connectivity index (χ3v) is 8.59. The van der Waals surface area contributed by atoms with Gasteiger partial charge in [-0.15, -0.1) is 11.3 Å². The number of aromatic nitrogens is 2. The predicted molar refractivity (Wildman–Crippen MR) is 133 cm³/mol. The molecule has 3 aromatic rings. The lowest BCUT2D eigenvalue weighted by atomic mass is 10.0. The third kappa shape index (κ3) is 4.59. The van der Waals surface area contributed by atoms with Crippen LogP contribution in [-0.4, -0.2) is 50.9 Å². The standard InChI is InChI=1S/C26H33N3O3S/c1-16(2)24(30)11-10-22-14-23-25(33-22)26(31)29(15-27-23)17-6-8-20(9-7-17)32-21-12-18-4-5-19(13-21)28(18)3/h6-9,14-16,18-19,21,24,30H,4-5,10-13H2,1-3H3/t18-,19+,21?,24?. The summed E-state index contributed by atoms with van der Waals surface area (Å²) in [6.45, 7) is 4.04. The molecule has 33 heavy (non-hydrogen) atoms. The summed E-state index contributed by atoms with van der Waals surface area (Å²) in [4.78, 5) is 21.3. The highest BCUT2D eigenvalue weighted by atomic mass is 32.1. The summed E-state index contributed by atoms with van der Waals surface area (Å²) in [6.07, 6.45) is 7.72. The van der Waals surface area contributed by atoms with E-state index in [0.717, 1.165) is 41.1 Å². The number of hydrogen-bond donors (Lipinski definition) is 1. The van der Waals surface area contributed by atoms with E-state index in [-0.39, 0.29) is 23.7 Å². The molecule has 6 nitrogen and oxygen atoms in total. The number of aryl methyl sites for hydroxylation is 1. The van der Waals surface area contributed by atoms with Crippen molar-refractivity contribution in [2.45, 2.75) is 76.7 Å². The molecule has 2 aliphatic rings. The van der Waals surface area contributed by atoms with Gasteiger partial charge in [0.15, 0.2) is 0 Å². The normalized spacial score (nSPS) is 24.0. The molecule has 2 aliphatic heterocycles. The van der Waals surface area contributed by atoms with Gasteiger partial charge in [0.2, 0.25) is 0 Å². The number of thiophene rings is 1. The first-order chi connectivity index (χ1) is 15.9. The summed E-state index contributed by atoms with van der Waals surface area (Å²) < 4.78 is 8.56. The Morgan fingerprint density at radius 1 is 1.18 bits per heavy atom. The fraction of sp³-hybridized carbons (Fsp3) is 0.538. The van der Waals surface area contributed by atoms with E-state index in [0.29, 0.717) is 23.2 Å². The number of piperidine rings is 1. The minimum atomic E-state index is -0.328. The van der Waals surface area contributed by atoms with Crippen molar-refractivity contribution in [1.82, 2.24) is 14.5 Å². The number of aliphatic hydroxyl groups is 1. The Balaban J connectivity index is 1.29. The molecule has 5 rings (SSSR count). The van der Waals surface area contributed by atoms with E-state index in [4.69, 9.17) is 4.74 Å². The molecule has 4 heterocycles. The van der Waals surface area contributed by atoms with Gasteiger partial charge in [0.1, 0.15) is 22.9 Å². The first-order valence-corrected chi connectivity index (χ1v) is 12.9. The zero-order valence-corrected chi connectivity index (χ0v) is 20.4. The fourth-order valence-corrected chi connectivity index (χ4v) is 6.28. The number of aliphatic hydroxyl groups excluding tert-OH is 1. The Morgan fingerprint density at radius 2 is 1.88 bits per heavy atom. The van der Waals surface area contributed by atoms with Gasteiger partial charge in [0.25, 0.3) is 5.56 Å². The predicted octanol–water partition coefficient (Wildman–Crippen LogP) is 4.40. The van der Waals surface area contributed by atoms with Crippen LogP contribution in [0.2, 0.25) is 0 Å². The van der Waals surface area contributed by atoms with Crippen molar-refractivity contribution in [3.8, 4) is 11.4 Å². The van der Waals surface area contributed by atoms with E-state index in [1.54, 1.807) is 10.9 Å². The Kier molecular flexibility index (Phi) is 6.29. The molecular weight excluding hydrogens is 434 g/mol. The number of fused-ring (bicyclic) bond motifs is 3. The van der Waals surface area contributed by atoms with Gasteiger partial charge in [-0.2, -0.15) is 0 Å². The number of rotatable bonds is 7. The largest absolute Gasteiger partial charge is 0.490 e. The molecule has 2 saturated heterocycles. The number of hydrogen-bond acceptors (Lipinski definition) is 6. The van der Waals surface area contributed by atoms with Crippen LogP contribution >= 0.6 is 11.3 Å². The van der Waals surface area contributed by atoms with Crippen molar-refractivity contribution in [1.29, 1.82) is 0 Å². The molecule has 0 aliphatic carbocycles. The Hall–Kier alpha value is -2.22. The van der Waals surface area contributed by atoms with E-state index in [2.05, 4.69) is 16.9 Å². The second-order valence-electron chi connectivity index (χ2n) is 9.95. The molecule has 2 fully saturated rings. The summed E-state index contributed by atoms with van der Waals surface area (Å²) in [5.74, 6) is 1.09. The summed E-state index contributed by atoms with van der Waals surface area (Å²) >= 11 is 1.48. The van der Waals surface area contributed by atoms with Crippen molar-refractivity contribution < 1.29 is 9.84 Å². The van der Waals surface area contributed by atoms with Gasteiger partial charge < -0.3 is 14.7 Å². The number of ether oxygens (including phenoxy) is 1. The lowest BCUT2D eigenvalue weighted by Gasteiger charge is -2.36. The molecule has 4 atom stereocenters. The molecule has 176 valence electrons. The maximum Gasteiger partial charge on any atom is 0.275 e. The van der Waals surface area contributed by atoms with Gasteiger partial charge in [-0.3, -0.25) is 9.36 Å². The second kappa shape index (κ2) is 9.20. The molecule has 0 saturated carbocycles. The van der Waals surface area contributed by atoms with Gasteiger partial charge >= 0.3 is 0 Å². The van der Waals surface area contributed by atoms with Gasteiger partial charge in [-0.25, -0.2) is 4.98 Å². The van der Waals surface area contributed by atoms with Crippen molar-refractivity contribution in [3.63, 3.8) is 0 Å². The maximum absolute atomic E-state index is 13.1. The van der Waals surface area contributed by atoms with Gasteiger partial charge in [0, 0.05) is 17.0 Å². The van der Waals surface area contributed by atoms with Crippen molar-refractivity contribution >= 4 is 21.6 Å². The highest BCUT2D eigenvalue weighted by Gasteiger charge is 2.39. The van der Waals surface area contributed by atoms with Crippen molar-refractivity contribution in [2.75, 3.05) is 7.05 Å². The maximum atomic E-state index is 13.1. The number of benzene rings is 1. The van der Waals surface area contributed by atoms with Crippen LogP contribution in [-0.2, 0) is 6.42 Å². The van der Waals surface area contributed by atoms with Crippen LogP contribution in [0.3, 0.4) is 0 Å². The molecule has 2 aromatic heterocycles. The topological polar surface area (TPSA) is 67.6 Å². The van der Waals surface area contributed by atoms with E-state index >= 15 is 0 Å². The summed E-state index contributed by atoms with van der Waals surface area (Å²) in [5, 5.41) is 10.1. The molecule has 2 unspecified atom stereocenters. The first kappa shape index (κ1) is 22.6. The average Bonchev–Trinajstić information content (AvgIpc) is 3.29. The second-order valence-corrected chi connectivity index (χ2v) is 11.1. The highest BCUT2D eigenvalue weighted by molar-refractivity contribution is 7.18. The molecule has 0 radical (unpaired) electrons. The fourth-order valence-electron chi connectivity index (χ4n) is 5.23. The molecule has 1 aromatic carbocycles. The van der Waals surface area contributed by atoms with Gasteiger partial charge in [-0.1, -0.05) is 13.8 Å². The van der Waals surface area contributed by atoms with E-state index < -0.39 is 0 Å². The molecule has 0 amide bonds. The molecular formula is C26H33N3O3S. The van der Waals surface area contributed by atoms with Crippen LogP contribution in [0.15, 0.2) is 41.5 Å². The van der Waals surface area contributed by atoms with Gasteiger partial charge in [-0.05, 0) is 81.8 Å². The Morgan fingerprint density at radius 3 is 2.55 bits per heavy atom. The van der Waals surface area contributed by atoms with E-state index in [9.17, 15) is 9.90 Å². The van der Waals surface area contributed by atoms with Gasteiger partial charge in [0.05, 0.1) is 17.3 Å². The van der Waals surface area contributed by atoms with Crippen LogP contribution in [0.4, 0.5) is 0 Å². The van der Waals surface area contributed by atoms with Crippen molar-refractivity contribution in [2.24, 2.45) is 5.92 Å². The van der Waals surface area contributed by atoms with Crippen LogP contribution in [0.1, 0.15) is 50.8 Å². The number of nitrogens with zero attached hydrogens (tertiary/aromatic N) is 3. The third-order valence-electron chi connectivity index (χ3n) is 7.42. The lowest BCUT2D eigenvalue weighted by molar-refractivity contribution is 0.0662. The first-order valence-electron chi connectivity index (χ1n) is 12.1. The smallest absolute Gasteiger partial charge is 0.275 e. The van der Waals surface area contributed by atoms with Crippen LogP contribution in [0, 0.1) is 5.92 Å². The molecule has 0 spiro atoms. The Labute approximate surface area is 198 Å². The van der Waals surface area contributed by atoms with Crippen LogP contribution < -0.4 is 10.3 Å². The lowest BCUT2D eigenvalue weighted by Crippen LogP contribution is -2.43. The average molecular weight is 468 g/mol. The minimum absolute atomic E-state index is 0.0544. The zero-order valence-electron chi connectivity index (χ0n) is 19.6. The van der Waals surface area contributed by atoms with Crippen LogP contribution in [0.5, 0.6) is 5.75 Å². The molecule has 1 N–H and O–H groups in total. The molecule has 2 bridgehead atoms.